The molecule has 1 aromatic rings. The van der Waals surface area contributed by atoms with Crippen molar-refractivity contribution >= 4 is 11.6 Å². The van der Waals surface area contributed by atoms with E-state index in [1.165, 1.54) is 11.1 Å². The van der Waals surface area contributed by atoms with Crippen LogP contribution in [0.4, 0.5) is 0 Å². The molecular weight excluding hydrogens is 184 g/mol. The van der Waals surface area contributed by atoms with E-state index < -0.39 is 0 Å². The Bertz CT molecular complexity index is 259. The fraction of sp³-hybridized carbons (Fsp3) is 0.300. The summed E-state index contributed by atoms with van der Waals surface area (Å²) in [6.07, 6.45) is 5.47. The Hall–Kier alpha value is -0.860. The van der Waals surface area contributed by atoms with E-state index in [0.29, 0.717) is 6.04 Å². The smallest absolute Gasteiger partial charge is 0.0295 e. The zero-order valence-electron chi connectivity index (χ0n) is 7.57. The van der Waals surface area contributed by atoms with E-state index in [2.05, 4.69) is 17.2 Å². The molecule has 0 aliphatic heterocycles. The molecule has 0 saturated carbocycles. The van der Waals surface area contributed by atoms with Crippen molar-refractivity contribution < 1.29 is 0 Å². The van der Waals surface area contributed by atoms with Gasteiger partial charge in [0.2, 0.25) is 0 Å². The van der Waals surface area contributed by atoms with Crippen LogP contribution in [0, 0.1) is 0 Å². The Balaban J connectivity index is 2.44. The van der Waals surface area contributed by atoms with Gasteiger partial charge in [0.1, 0.15) is 0 Å². The Labute approximate surface area is 83.6 Å². The third kappa shape index (κ3) is 3.57. The highest BCUT2D eigenvalue weighted by Crippen LogP contribution is 2.09. The molecule has 1 atom stereocenters. The predicted molar refractivity (Wildman–Crippen MR) is 55.6 cm³/mol. The van der Waals surface area contributed by atoms with E-state index in [1.54, 1.807) is 12.4 Å². The zero-order valence-corrected chi connectivity index (χ0v) is 8.33. The van der Waals surface area contributed by atoms with E-state index in [-0.39, 0.29) is 0 Å². The lowest BCUT2D eigenvalue weighted by Crippen LogP contribution is -2.18. The van der Waals surface area contributed by atoms with Gasteiger partial charge in [-0.15, -0.1) is 0 Å². The maximum atomic E-state index is 5.40. The second-order valence-corrected chi connectivity index (χ2v) is 3.02. The van der Waals surface area contributed by atoms with Crippen molar-refractivity contribution in [2.75, 3.05) is 6.54 Å². The summed E-state index contributed by atoms with van der Waals surface area (Å²) >= 11 is 5.40. The Kier molecular flexibility index (Phi) is 4.50. The molecule has 1 rings (SSSR count). The second-order valence-electron chi connectivity index (χ2n) is 2.77. The summed E-state index contributed by atoms with van der Waals surface area (Å²) < 4.78 is 0. The normalized spacial score (nSPS) is 13.4. The van der Waals surface area contributed by atoms with Gasteiger partial charge in [0, 0.05) is 30.5 Å². The van der Waals surface area contributed by atoms with Gasteiger partial charge in [0.25, 0.3) is 0 Å². The number of nitrogens with zero attached hydrogens (tertiary/aromatic N) is 1. The van der Waals surface area contributed by atoms with Gasteiger partial charge in [0.05, 0.1) is 0 Å². The van der Waals surface area contributed by atoms with Gasteiger partial charge in [-0.1, -0.05) is 17.7 Å². The van der Waals surface area contributed by atoms with Crippen molar-refractivity contribution in [1.29, 1.82) is 0 Å². The molecule has 70 valence electrons. The van der Waals surface area contributed by atoms with Crippen molar-refractivity contribution in [3.05, 3.63) is 41.7 Å². The molecule has 0 aliphatic carbocycles. The van der Waals surface area contributed by atoms with E-state index in [0.717, 1.165) is 6.54 Å². The number of aromatic nitrogens is 1. The number of hydrogen-bond acceptors (Lipinski definition) is 2. The summed E-state index contributed by atoms with van der Waals surface area (Å²) in [6, 6.07) is 4.33. The van der Waals surface area contributed by atoms with Crippen molar-refractivity contribution in [2.24, 2.45) is 0 Å². The summed E-state index contributed by atoms with van der Waals surface area (Å²) in [5, 5.41) is 3.30. The SMILES string of the molecule is C[C@@H](NC/C=C/Cl)c1ccncc1. The molecule has 1 aromatic heterocycles. The van der Waals surface area contributed by atoms with E-state index in [4.69, 9.17) is 11.6 Å². The number of nitrogens with one attached hydrogen (secondary N) is 1. The third-order valence-corrected chi connectivity index (χ3v) is 2.02. The zero-order chi connectivity index (χ0) is 9.52. The van der Waals surface area contributed by atoms with E-state index in [1.807, 2.05) is 18.2 Å². The minimum absolute atomic E-state index is 0.330. The van der Waals surface area contributed by atoms with E-state index >= 15 is 0 Å². The fourth-order valence-corrected chi connectivity index (χ4v) is 1.15. The van der Waals surface area contributed by atoms with Gasteiger partial charge < -0.3 is 5.32 Å². The quantitative estimate of drug-likeness (QED) is 0.801. The molecule has 0 fully saturated rings. The first kappa shape index (κ1) is 10.2. The van der Waals surface area contributed by atoms with Crippen molar-refractivity contribution in [3.8, 4) is 0 Å². The molecule has 0 spiro atoms. The van der Waals surface area contributed by atoms with Crippen molar-refractivity contribution in [2.45, 2.75) is 13.0 Å². The fourth-order valence-electron chi connectivity index (χ4n) is 1.06. The van der Waals surface area contributed by atoms with Gasteiger partial charge in [-0.2, -0.15) is 0 Å². The molecule has 0 amide bonds. The molecule has 0 unspecified atom stereocenters. The number of halogens is 1. The molecule has 1 N–H and O–H groups in total. The maximum Gasteiger partial charge on any atom is 0.0295 e. The van der Waals surface area contributed by atoms with Crippen molar-refractivity contribution in [3.63, 3.8) is 0 Å². The first-order valence-corrected chi connectivity index (χ1v) is 4.66. The average Bonchev–Trinajstić information content (AvgIpc) is 2.19. The largest absolute Gasteiger partial charge is 0.307 e. The van der Waals surface area contributed by atoms with Crippen LogP contribution >= 0.6 is 11.6 Å². The topological polar surface area (TPSA) is 24.9 Å². The molecule has 0 bridgehead atoms. The summed E-state index contributed by atoms with van der Waals surface area (Å²) in [6.45, 7) is 2.89. The average molecular weight is 197 g/mol. The lowest BCUT2D eigenvalue weighted by Gasteiger charge is -2.11. The highest BCUT2D eigenvalue weighted by molar-refractivity contribution is 6.25. The minimum atomic E-state index is 0.330. The van der Waals surface area contributed by atoms with Crippen LogP contribution in [-0.4, -0.2) is 11.5 Å². The standard InChI is InChI=1S/C10H13ClN2/c1-9(13-6-2-5-11)10-3-7-12-8-4-10/h2-5,7-9,13H,6H2,1H3/b5-2+/t9-/m1/s1. The van der Waals surface area contributed by atoms with Crippen LogP contribution in [0.5, 0.6) is 0 Å². The van der Waals surface area contributed by atoms with Crippen molar-refractivity contribution in [1.82, 2.24) is 10.3 Å². The summed E-state index contributed by atoms with van der Waals surface area (Å²) in [5.74, 6) is 0. The van der Waals surface area contributed by atoms with Gasteiger partial charge in [0.15, 0.2) is 0 Å². The Morgan fingerprint density at radius 3 is 2.85 bits per heavy atom. The summed E-state index contributed by atoms with van der Waals surface area (Å²) in [4.78, 5) is 3.96. The predicted octanol–water partition coefficient (Wildman–Crippen LogP) is 2.48. The summed E-state index contributed by atoms with van der Waals surface area (Å²) in [7, 11) is 0. The van der Waals surface area contributed by atoms with Crippen LogP contribution in [0.2, 0.25) is 0 Å². The van der Waals surface area contributed by atoms with E-state index in [9.17, 15) is 0 Å². The van der Waals surface area contributed by atoms with Crippen LogP contribution in [0.15, 0.2) is 36.1 Å². The molecule has 1 heterocycles. The van der Waals surface area contributed by atoms with Crippen LogP contribution in [-0.2, 0) is 0 Å². The number of rotatable bonds is 4. The first-order chi connectivity index (χ1) is 6.34. The molecule has 0 saturated heterocycles. The van der Waals surface area contributed by atoms with Gasteiger partial charge in [-0.05, 0) is 24.6 Å². The molecule has 3 heteroatoms. The number of hydrogen-bond donors (Lipinski definition) is 1. The molecule has 0 aliphatic rings. The lowest BCUT2D eigenvalue weighted by molar-refractivity contribution is 0.617. The Morgan fingerprint density at radius 1 is 1.54 bits per heavy atom. The molecule has 2 nitrogen and oxygen atoms in total. The third-order valence-electron chi connectivity index (χ3n) is 1.84. The summed E-state index contributed by atoms with van der Waals surface area (Å²) in [5.41, 5.74) is 2.75. The highest BCUT2D eigenvalue weighted by atomic mass is 35.5. The van der Waals surface area contributed by atoms with Gasteiger partial charge in [-0.3, -0.25) is 4.98 Å². The first-order valence-electron chi connectivity index (χ1n) is 4.23. The molecular formula is C10H13ClN2. The van der Waals surface area contributed by atoms with Crippen LogP contribution < -0.4 is 5.32 Å². The molecule has 0 radical (unpaired) electrons. The molecule has 13 heavy (non-hydrogen) atoms. The van der Waals surface area contributed by atoms with Crippen LogP contribution in [0.3, 0.4) is 0 Å². The lowest BCUT2D eigenvalue weighted by atomic mass is 10.1. The highest BCUT2D eigenvalue weighted by Gasteiger charge is 2.01. The van der Waals surface area contributed by atoms with Gasteiger partial charge >= 0.3 is 0 Å². The monoisotopic (exact) mass is 196 g/mol. The maximum absolute atomic E-state index is 5.40. The van der Waals surface area contributed by atoms with Crippen LogP contribution in [0.25, 0.3) is 0 Å². The van der Waals surface area contributed by atoms with Gasteiger partial charge in [-0.25, -0.2) is 0 Å². The number of pyridine rings is 1. The Morgan fingerprint density at radius 2 is 2.23 bits per heavy atom. The molecule has 0 aromatic carbocycles. The second kappa shape index (κ2) is 5.73. The minimum Gasteiger partial charge on any atom is -0.307 e. The van der Waals surface area contributed by atoms with Crippen LogP contribution in [0.1, 0.15) is 18.5 Å².